The van der Waals surface area contributed by atoms with Gasteiger partial charge in [0.05, 0.1) is 0 Å². The second-order valence-corrected chi connectivity index (χ2v) is 9.93. The first kappa shape index (κ1) is 15.8. The lowest BCUT2D eigenvalue weighted by atomic mass is 9.40. The molecule has 0 aromatic heterocycles. The van der Waals surface area contributed by atoms with Gasteiger partial charge in [-0.1, -0.05) is 39.0 Å². The molecule has 3 unspecified atom stereocenters. The van der Waals surface area contributed by atoms with Crippen LogP contribution in [0.1, 0.15) is 79.1 Å². The van der Waals surface area contributed by atoms with E-state index >= 15 is 0 Å². The van der Waals surface area contributed by atoms with Crippen LogP contribution in [-0.2, 0) is 0 Å². The maximum Gasteiger partial charge on any atom is -0.00851 e. The summed E-state index contributed by atoms with van der Waals surface area (Å²) in [6.07, 6.45) is 13.6. The molecule has 0 amide bonds. The Balaban J connectivity index is 1.68. The van der Waals surface area contributed by atoms with Gasteiger partial charge in [0.25, 0.3) is 0 Å². The minimum atomic E-state index is 0.487. The highest BCUT2D eigenvalue weighted by Crippen LogP contribution is 2.70. The third kappa shape index (κ3) is 1.91. The Labute approximate surface area is 143 Å². The van der Waals surface area contributed by atoms with Gasteiger partial charge < -0.3 is 0 Å². The molecule has 4 aliphatic rings. The van der Waals surface area contributed by atoms with Gasteiger partial charge in [0.1, 0.15) is 0 Å². The highest BCUT2D eigenvalue weighted by Gasteiger charge is 2.61. The molecule has 0 heterocycles. The Morgan fingerprint density at radius 3 is 2.61 bits per heavy atom. The summed E-state index contributed by atoms with van der Waals surface area (Å²) in [5.41, 5.74) is 8.00. The summed E-state index contributed by atoms with van der Waals surface area (Å²) in [7, 11) is 0. The molecule has 0 N–H and O–H groups in total. The molecule has 0 heteroatoms. The fraction of sp³-hybridized carbons (Fsp3) is 0.783. The SMILES string of the molecule is C=C=C1CC[C@]2(C)C3CC[C@]4(C)C(C)=CCC4C3CC[C@]2(C)C1. The van der Waals surface area contributed by atoms with Crippen LogP contribution in [0.4, 0.5) is 0 Å². The quantitative estimate of drug-likeness (QED) is 0.345. The molecule has 4 rings (SSSR count). The molecular weight excluding hydrogens is 276 g/mol. The van der Waals surface area contributed by atoms with Gasteiger partial charge in [0.2, 0.25) is 0 Å². The van der Waals surface area contributed by atoms with Gasteiger partial charge in [-0.3, -0.25) is 0 Å². The van der Waals surface area contributed by atoms with Crippen molar-refractivity contribution < 1.29 is 0 Å². The van der Waals surface area contributed by atoms with E-state index in [-0.39, 0.29) is 0 Å². The Hall–Kier alpha value is -0.740. The molecule has 126 valence electrons. The maximum atomic E-state index is 3.95. The molecule has 0 aromatic rings. The van der Waals surface area contributed by atoms with E-state index in [1.54, 1.807) is 5.57 Å². The van der Waals surface area contributed by atoms with Crippen molar-refractivity contribution in [3.63, 3.8) is 0 Å². The lowest BCUT2D eigenvalue weighted by Crippen LogP contribution is -2.56. The number of hydrogen-bond acceptors (Lipinski definition) is 0. The molecule has 3 fully saturated rings. The summed E-state index contributed by atoms with van der Waals surface area (Å²) in [6, 6.07) is 0. The fourth-order valence-corrected chi connectivity index (χ4v) is 7.38. The number of hydrogen-bond donors (Lipinski definition) is 0. The van der Waals surface area contributed by atoms with Crippen molar-refractivity contribution in [1.82, 2.24) is 0 Å². The zero-order valence-electron chi connectivity index (χ0n) is 15.7. The molecule has 4 aliphatic carbocycles. The van der Waals surface area contributed by atoms with Crippen molar-refractivity contribution in [2.45, 2.75) is 79.1 Å². The van der Waals surface area contributed by atoms with Crippen LogP contribution in [0, 0.1) is 34.0 Å². The topological polar surface area (TPSA) is 0 Å². The molecule has 0 aromatic carbocycles. The lowest BCUT2D eigenvalue weighted by Gasteiger charge is -2.64. The third-order valence-electron chi connectivity index (χ3n) is 9.43. The van der Waals surface area contributed by atoms with Gasteiger partial charge in [0, 0.05) is 0 Å². The van der Waals surface area contributed by atoms with E-state index < -0.39 is 0 Å². The summed E-state index contributed by atoms with van der Waals surface area (Å²) >= 11 is 0. The molecule has 0 spiro atoms. The molecule has 23 heavy (non-hydrogen) atoms. The zero-order chi connectivity index (χ0) is 16.5. The zero-order valence-corrected chi connectivity index (χ0v) is 15.7. The van der Waals surface area contributed by atoms with Gasteiger partial charge in [-0.15, -0.1) is 5.73 Å². The van der Waals surface area contributed by atoms with Crippen LogP contribution in [0.15, 0.2) is 29.5 Å². The van der Waals surface area contributed by atoms with Gasteiger partial charge in [-0.2, -0.15) is 0 Å². The average Bonchev–Trinajstić information content (AvgIpc) is 2.83. The largest absolute Gasteiger partial charge is 0.130 e. The van der Waals surface area contributed by atoms with Crippen molar-refractivity contribution in [1.29, 1.82) is 0 Å². The molecular formula is C23H34. The number of fused-ring (bicyclic) bond motifs is 5. The van der Waals surface area contributed by atoms with E-state index in [0.29, 0.717) is 16.2 Å². The van der Waals surface area contributed by atoms with E-state index in [1.165, 1.54) is 56.9 Å². The minimum absolute atomic E-state index is 0.487. The van der Waals surface area contributed by atoms with Crippen LogP contribution >= 0.6 is 0 Å². The van der Waals surface area contributed by atoms with Crippen molar-refractivity contribution in [2.75, 3.05) is 0 Å². The highest BCUT2D eigenvalue weighted by atomic mass is 14.7. The predicted molar refractivity (Wildman–Crippen MR) is 98.1 cm³/mol. The molecule has 6 atom stereocenters. The van der Waals surface area contributed by atoms with Crippen molar-refractivity contribution in [3.8, 4) is 0 Å². The van der Waals surface area contributed by atoms with Gasteiger partial charge in [-0.05, 0) is 97.9 Å². The van der Waals surface area contributed by atoms with Gasteiger partial charge in [-0.25, -0.2) is 0 Å². The summed E-state index contributed by atoms with van der Waals surface area (Å²) in [4.78, 5) is 0. The van der Waals surface area contributed by atoms with Crippen LogP contribution in [0.25, 0.3) is 0 Å². The van der Waals surface area contributed by atoms with E-state index in [2.05, 4.69) is 46.1 Å². The van der Waals surface area contributed by atoms with Gasteiger partial charge >= 0.3 is 0 Å². The minimum Gasteiger partial charge on any atom is -0.130 e. The van der Waals surface area contributed by atoms with Crippen LogP contribution < -0.4 is 0 Å². The number of allylic oxidation sites excluding steroid dienone is 3. The first-order valence-electron chi connectivity index (χ1n) is 9.89. The molecule has 0 saturated heterocycles. The van der Waals surface area contributed by atoms with Crippen LogP contribution in [0.5, 0.6) is 0 Å². The summed E-state index contributed by atoms with van der Waals surface area (Å²) in [5.74, 6) is 2.85. The number of rotatable bonds is 0. The monoisotopic (exact) mass is 310 g/mol. The molecule has 0 radical (unpaired) electrons. The van der Waals surface area contributed by atoms with Crippen LogP contribution in [-0.4, -0.2) is 0 Å². The third-order valence-corrected chi connectivity index (χ3v) is 9.43. The summed E-state index contributed by atoms with van der Waals surface area (Å²) in [6.45, 7) is 14.2. The Morgan fingerprint density at radius 1 is 1.09 bits per heavy atom. The molecule has 3 saturated carbocycles. The maximum absolute atomic E-state index is 3.95. The lowest BCUT2D eigenvalue weighted by molar-refractivity contribution is -0.136. The molecule has 0 nitrogen and oxygen atoms in total. The van der Waals surface area contributed by atoms with E-state index in [0.717, 1.165) is 17.8 Å². The van der Waals surface area contributed by atoms with Gasteiger partial charge in [0.15, 0.2) is 0 Å². The standard InChI is InChI=1S/C23H34/c1-6-17-9-14-23(5)20-11-13-22(4)16(2)7-8-19(22)18(20)10-12-21(23,3)15-17/h7,18-20H,1,8-15H2,2-5H3/t18?,19?,20?,21-,22-,23-/m1/s1. The molecule has 0 aliphatic heterocycles. The Kier molecular flexibility index (Phi) is 3.35. The van der Waals surface area contributed by atoms with Crippen molar-refractivity contribution >= 4 is 0 Å². The Morgan fingerprint density at radius 2 is 1.87 bits per heavy atom. The van der Waals surface area contributed by atoms with E-state index in [4.69, 9.17) is 0 Å². The Bertz CT molecular complexity index is 604. The van der Waals surface area contributed by atoms with Crippen molar-refractivity contribution in [2.24, 2.45) is 34.0 Å². The first-order valence-corrected chi connectivity index (χ1v) is 9.89. The summed E-state index contributed by atoms with van der Waals surface area (Å²) in [5, 5.41) is 0. The molecule has 0 bridgehead atoms. The normalized spacial score (nSPS) is 52.1. The average molecular weight is 311 g/mol. The second-order valence-electron chi connectivity index (χ2n) is 9.93. The van der Waals surface area contributed by atoms with Crippen LogP contribution in [0.3, 0.4) is 0 Å². The van der Waals surface area contributed by atoms with E-state index in [9.17, 15) is 0 Å². The fourth-order valence-electron chi connectivity index (χ4n) is 7.38. The second kappa shape index (κ2) is 4.89. The summed E-state index contributed by atoms with van der Waals surface area (Å²) < 4.78 is 0. The smallest absolute Gasteiger partial charge is 0.00851 e. The van der Waals surface area contributed by atoms with Crippen molar-refractivity contribution in [3.05, 3.63) is 29.5 Å². The first-order chi connectivity index (χ1) is 10.8. The van der Waals surface area contributed by atoms with Crippen LogP contribution in [0.2, 0.25) is 0 Å². The predicted octanol–water partition coefficient (Wildman–Crippen LogP) is 6.69. The highest BCUT2D eigenvalue weighted by molar-refractivity contribution is 5.25. The van der Waals surface area contributed by atoms with E-state index in [1.807, 2.05) is 0 Å².